The summed E-state index contributed by atoms with van der Waals surface area (Å²) in [7, 11) is 0. The third-order valence-electron chi connectivity index (χ3n) is 3.68. The van der Waals surface area contributed by atoms with Crippen LogP contribution in [0.15, 0.2) is 18.2 Å². The summed E-state index contributed by atoms with van der Waals surface area (Å²) in [5.74, 6) is 0. The van der Waals surface area contributed by atoms with E-state index in [2.05, 4.69) is 10.3 Å². The van der Waals surface area contributed by atoms with Crippen molar-refractivity contribution in [2.75, 3.05) is 11.9 Å². The van der Waals surface area contributed by atoms with Gasteiger partial charge in [-0.25, -0.2) is 0 Å². The number of alkyl halides is 3. The molecule has 6 heteroatoms. The molecule has 0 saturated carbocycles. The van der Waals surface area contributed by atoms with Crippen molar-refractivity contribution < 1.29 is 13.2 Å². The first kappa shape index (κ1) is 17.5. The van der Waals surface area contributed by atoms with Crippen LogP contribution in [-0.4, -0.2) is 17.7 Å². The third-order valence-corrected chi connectivity index (χ3v) is 3.68. The Balaban J connectivity index is 2.63. The second-order valence-corrected chi connectivity index (χ2v) is 6.77. The number of nitrogens with zero attached hydrogens (tertiary/aromatic N) is 1. The van der Waals surface area contributed by atoms with E-state index in [4.69, 9.17) is 5.73 Å². The number of fused-ring (bicyclic) bond motifs is 1. The van der Waals surface area contributed by atoms with Gasteiger partial charge >= 0.3 is 6.18 Å². The molecule has 2 rings (SSSR count). The fourth-order valence-electron chi connectivity index (χ4n) is 2.54. The lowest BCUT2D eigenvalue weighted by atomic mass is 9.84. The zero-order valence-corrected chi connectivity index (χ0v) is 13.8. The third kappa shape index (κ3) is 4.13. The molecule has 3 N–H and O–H groups in total. The van der Waals surface area contributed by atoms with E-state index in [1.54, 1.807) is 12.1 Å². The Morgan fingerprint density at radius 2 is 1.78 bits per heavy atom. The van der Waals surface area contributed by atoms with E-state index in [1.807, 2.05) is 33.8 Å². The van der Waals surface area contributed by atoms with Gasteiger partial charge in [-0.2, -0.15) is 13.2 Å². The van der Waals surface area contributed by atoms with Gasteiger partial charge in [0.1, 0.15) is 6.54 Å². The fourth-order valence-corrected chi connectivity index (χ4v) is 2.54. The van der Waals surface area contributed by atoms with Crippen molar-refractivity contribution in [1.29, 1.82) is 0 Å². The minimum Gasteiger partial charge on any atom is -0.376 e. The average molecular weight is 325 g/mol. The van der Waals surface area contributed by atoms with Crippen LogP contribution >= 0.6 is 0 Å². The predicted molar refractivity (Wildman–Crippen MR) is 87.6 cm³/mol. The SMILES string of the molecule is Cc1cc(CN)nc2c(C(C)(C)C)cc(NCC(F)(F)F)cc12. The zero-order chi connectivity index (χ0) is 17.4. The van der Waals surface area contributed by atoms with Gasteiger partial charge in [0.2, 0.25) is 0 Å². The Morgan fingerprint density at radius 1 is 1.13 bits per heavy atom. The molecule has 23 heavy (non-hydrogen) atoms. The van der Waals surface area contributed by atoms with Crippen LogP contribution in [0.25, 0.3) is 10.9 Å². The van der Waals surface area contributed by atoms with Gasteiger partial charge in [0.15, 0.2) is 0 Å². The van der Waals surface area contributed by atoms with Crippen LogP contribution in [0.3, 0.4) is 0 Å². The van der Waals surface area contributed by atoms with Gasteiger partial charge in [0, 0.05) is 17.6 Å². The van der Waals surface area contributed by atoms with E-state index < -0.39 is 12.7 Å². The summed E-state index contributed by atoms with van der Waals surface area (Å²) in [6.07, 6.45) is -4.26. The van der Waals surface area contributed by atoms with Crippen molar-refractivity contribution in [3.8, 4) is 0 Å². The zero-order valence-electron chi connectivity index (χ0n) is 13.8. The van der Waals surface area contributed by atoms with Gasteiger partial charge in [-0.1, -0.05) is 20.8 Å². The van der Waals surface area contributed by atoms with Crippen molar-refractivity contribution >= 4 is 16.6 Å². The van der Waals surface area contributed by atoms with Gasteiger partial charge in [0.25, 0.3) is 0 Å². The number of hydrogen-bond donors (Lipinski definition) is 2. The molecular formula is C17H22F3N3. The van der Waals surface area contributed by atoms with Crippen molar-refractivity contribution in [2.45, 2.75) is 45.8 Å². The van der Waals surface area contributed by atoms with Gasteiger partial charge in [0.05, 0.1) is 11.2 Å². The average Bonchev–Trinajstić information content (AvgIpc) is 2.42. The first-order chi connectivity index (χ1) is 10.5. The fraction of sp³-hybridized carbons (Fsp3) is 0.471. The minimum atomic E-state index is -4.26. The minimum absolute atomic E-state index is 0.249. The Kier molecular flexibility index (Phi) is 4.57. The Hall–Kier alpha value is -1.82. The topological polar surface area (TPSA) is 50.9 Å². The molecule has 1 aromatic carbocycles. The molecule has 2 aromatic rings. The molecule has 126 valence electrons. The second kappa shape index (κ2) is 6.00. The highest BCUT2D eigenvalue weighted by atomic mass is 19.4. The summed E-state index contributed by atoms with van der Waals surface area (Å²) >= 11 is 0. The number of rotatable bonds is 3. The molecule has 1 aromatic heterocycles. The van der Waals surface area contributed by atoms with E-state index in [-0.39, 0.29) is 5.41 Å². The number of nitrogens with two attached hydrogens (primary N) is 1. The molecule has 0 atom stereocenters. The smallest absolute Gasteiger partial charge is 0.376 e. The maximum absolute atomic E-state index is 12.5. The quantitative estimate of drug-likeness (QED) is 0.886. The van der Waals surface area contributed by atoms with Gasteiger partial charge in [-0.15, -0.1) is 0 Å². The lowest BCUT2D eigenvalue weighted by Gasteiger charge is -2.23. The maximum atomic E-state index is 12.5. The highest BCUT2D eigenvalue weighted by Crippen LogP contribution is 2.34. The highest BCUT2D eigenvalue weighted by molar-refractivity contribution is 5.89. The molecule has 0 radical (unpaired) electrons. The van der Waals surface area contributed by atoms with Crippen molar-refractivity contribution in [3.63, 3.8) is 0 Å². The van der Waals surface area contributed by atoms with Crippen molar-refractivity contribution in [3.05, 3.63) is 35.0 Å². The molecule has 0 amide bonds. The van der Waals surface area contributed by atoms with Crippen LogP contribution in [0.4, 0.5) is 18.9 Å². The molecule has 0 bridgehead atoms. The van der Waals surface area contributed by atoms with Crippen LogP contribution in [0, 0.1) is 6.92 Å². The number of halogens is 3. The number of hydrogen-bond acceptors (Lipinski definition) is 3. The molecule has 3 nitrogen and oxygen atoms in total. The normalized spacial score (nSPS) is 12.7. The van der Waals surface area contributed by atoms with E-state index >= 15 is 0 Å². The van der Waals surface area contributed by atoms with Crippen LogP contribution in [0.1, 0.15) is 37.6 Å². The number of aromatic nitrogens is 1. The van der Waals surface area contributed by atoms with Crippen LogP contribution in [0.2, 0.25) is 0 Å². The summed E-state index contributed by atoms with van der Waals surface area (Å²) < 4.78 is 37.4. The first-order valence-corrected chi connectivity index (χ1v) is 7.47. The lowest BCUT2D eigenvalue weighted by Crippen LogP contribution is -2.22. The molecule has 0 fully saturated rings. The largest absolute Gasteiger partial charge is 0.405 e. The van der Waals surface area contributed by atoms with Gasteiger partial charge in [-0.05, 0) is 41.7 Å². The number of anilines is 1. The number of nitrogens with one attached hydrogen (secondary N) is 1. The van der Waals surface area contributed by atoms with Gasteiger partial charge < -0.3 is 11.1 Å². The number of pyridine rings is 1. The molecule has 0 aliphatic carbocycles. The van der Waals surface area contributed by atoms with E-state index in [0.717, 1.165) is 27.7 Å². The molecular weight excluding hydrogens is 303 g/mol. The van der Waals surface area contributed by atoms with E-state index in [0.29, 0.717) is 12.2 Å². The predicted octanol–water partition coefficient (Wildman–Crippen LogP) is 4.27. The van der Waals surface area contributed by atoms with Crippen LogP contribution < -0.4 is 11.1 Å². The highest BCUT2D eigenvalue weighted by Gasteiger charge is 2.27. The van der Waals surface area contributed by atoms with E-state index in [1.165, 1.54) is 0 Å². The van der Waals surface area contributed by atoms with Crippen molar-refractivity contribution in [1.82, 2.24) is 4.98 Å². The number of benzene rings is 1. The summed E-state index contributed by atoms with van der Waals surface area (Å²) in [6, 6.07) is 5.35. The lowest BCUT2D eigenvalue weighted by molar-refractivity contribution is -0.115. The Bertz CT molecular complexity index is 716. The molecule has 0 spiro atoms. The summed E-state index contributed by atoms with van der Waals surface area (Å²) in [6.45, 7) is 7.23. The monoisotopic (exact) mass is 325 g/mol. The van der Waals surface area contributed by atoms with Gasteiger partial charge in [-0.3, -0.25) is 4.98 Å². The van der Waals surface area contributed by atoms with E-state index in [9.17, 15) is 13.2 Å². The van der Waals surface area contributed by atoms with Crippen LogP contribution in [-0.2, 0) is 12.0 Å². The summed E-state index contributed by atoms with van der Waals surface area (Å²) in [5, 5.41) is 3.31. The first-order valence-electron chi connectivity index (χ1n) is 7.47. The Morgan fingerprint density at radius 3 is 2.30 bits per heavy atom. The standard InChI is InChI=1S/C17H22F3N3/c1-10-5-12(8-21)23-15-13(10)6-11(22-9-17(18,19)20)7-14(15)16(2,3)4/h5-7,22H,8-9,21H2,1-4H3. The van der Waals surface area contributed by atoms with Crippen molar-refractivity contribution in [2.24, 2.45) is 5.73 Å². The van der Waals surface area contributed by atoms with Crippen LogP contribution in [0.5, 0.6) is 0 Å². The maximum Gasteiger partial charge on any atom is 0.405 e. The molecule has 0 saturated heterocycles. The molecule has 0 aliphatic heterocycles. The molecule has 0 aliphatic rings. The Labute approximate surface area is 134 Å². The second-order valence-electron chi connectivity index (χ2n) is 6.77. The summed E-state index contributed by atoms with van der Waals surface area (Å²) in [4.78, 5) is 4.60. The molecule has 1 heterocycles. The number of aryl methyl sites for hydroxylation is 1. The molecule has 0 unspecified atom stereocenters. The summed E-state index contributed by atoms with van der Waals surface area (Å²) in [5.41, 5.74) is 9.33.